The van der Waals surface area contributed by atoms with Crippen molar-refractivity contribution in [2.24, 2.45) is 12.8 Å². The van der Waals surface area contributed by atoms with Crippen LogP contribution in [-0.2, 0) is 13.2 Å². The molecular formula is C19H13F3N6O5S. The Morgan fingerprint density at radius 3 is 2.62 bits per heavy atom. The fraction of sp³-hybridized carbons (Fsp3) is 0.158. The maximum atomic E-state index is 13.5. The van der Waals surface area contributed by atoms with E-state index in [4.69, 9.17) is 10.2 Å². The molecule has 0 atom stereocenters. The number of rotatable bonds is 5. The number of nitrogens with two attached hydrogens (primary N) is 1. The number of aryl methyl sites for hydroxylation is 1. The minimum Gasteiger partial charge on any atom is -0.464 e. The summed E-state index contributed by atoms with van der Waals surface area (Å²) in [5.41, 5.74) is 2.75. The lowest BCUT2D eigenvalue weighted by Gasteiger charge is -2.10. The molecule has 0 aliphatic carbocycles. The molecule has 0 aliphatic heterocycles. The zero-order valence-electron chi connectivity index (χ0n) is 17.3. The first-order chi connectivity index (χ1) is 15.9. The van der Waals surface area contributed by atoms with Crippen molar-refractivity contribution >= 4 is 44.7 Å². The van der Waals surface area contributed by atoms with Crippen LogP contribution >= 0.6 is 11.3 Å². The Hall–Kier alpha value is -4.27. The van der Waals surface area contributed by atoms with Crippen LogP contribution in [-0.4, -0.2) is 31.5 Å². The molecule has 4 aromatic heterocycles. The number of fused-ring (bicyclic) bond motifs is 1. The number of aromatic nitrogens is 3. The van der Waals surface area contributed by atoms with Gasteiger partial charge in [0, 0.05) is 18.0 Å². The number of pyridine rings is 1. The van der Waals surface area contributed by atoms with E-state index >= 15 is 0 Å². The van der Waals surface area contributed by atoms with Gasteiger partial charge in [-0.25, -0.2) is 4.98 Å². The van der Waals surface area contributed by atoms with Gasteiger partial charge in [0.1, 0.15) is 26.9 Å². The third-order valence-electron chi connectivity index (χ3n) is 4.90. The van der Waals surface area contributed by atoms with Crippen molar-refractivity contribution < 1.29 is 32.1 Å². The Morgan fingerprint density at radius 2 is 2.06 bits per heavy atom. The topological polar surface area (TPSA) is 159 Å². The summed E-state index contributed by atoms with van der Waals surface area (Å²) in [5, 5.41) is 17.6. The van der Waals surface area contributed by atoms with Crippen molar-refractivity contribution in [3.63, 3.8) is 0 Å². The number of nitrogens with one attached hydrogen (secondary N) is 1. The SMILES string of the molecule is Cc1c([N+](=O)[O-])c(C(=O)Nc2c(C(N)=O)sc3nc(C(F)(F)F)cc(-c4ccco4)c23)nn1C. The molecule has 0 bridgehead atoms. The van der Waals surface area contributed by atoms with Crippen LogP contribution in [0.5, 0.6) is 0 Å². The first-order valence-electron chi connectivity index (χ1n) is 9.28. The minimum absolute atomic E-state index is 0.00174. The van der Waals surface area contributed by atoms with Gasteiger partial charge in [-0.1, -0.05) is 0 Å². The molecule has 4 heterocycles. The summed E-state index contributed by atoms with van der Waals surface area (Å²) in [5.74, 6) is -2.12. The predicted octanol–water partition coefficient (Wildman–Crippen LogP) is 3.88. The second kappa shape index (κ2) is 7.95. The zero-order chi connectivity index (χ0) is 24.9. The zero-order valence-corrected chi connectivity index (χ0v) is 18.1. The van der Waals surface area contributed by atoms with Crippen molar-refractivity contribution in [2.75, 3.05) is 5.32 Å². The van der Waals surface area contributed by atoms with Crippen molar-refractivity contribution in [3.05, 3.63) is 56.5 Å². The molecule has 4 rings (SSSR count). The molecule has 0 unspecified atom stereocenters. The lowest BCUT2D eigenvalue weighted by atomic mass is 10.1. The van der Waals surface area contributed by atoms with Crippen LogP contribution in [0.25, 0.3) is 21.5 Å². The number of hydrogen-bond donors (Lipinski definition) is 2. The number of nitrogens with zero attached hydrogens (tertiary/aromatic N) is 4. The van der Waals surface area contributed by atoms with Crippen molar-refractivity contribution in [2.45, 2.75) is 13.1 Å². The summed E-state index contributed by atoms with van der Waals surface area (Å²) in [4.78, 5) is 38.8. The van der Waals surface area contributed by atoms with Gasteiger partial charge < -0.3 is 15.5 Å². The molecule has 0 aliphatic rings. The van der Waals surface area contributed by atoms with Gasteiger partial charge in [-0.15, -0.1) is 11.3 Å². The Bertz CT molecular complexity index is 1470. The van der Waals surface area contributed by atoms with E-state index in [-0.39, 0.29) is 37.8 Å². The number of furan rings is 1. The average molecular weight is 494 g/mol. The van der Waals surface area contributed by atoms with Crippen molar-refractivity contribution in [1.82, 2.24) is 14.8 Å². The van der Waals surface area contributed by atoms with Gasteiger partial charge >= 0.3 is 11.9 Å². The van der Waals surface area contributed by atoms with E-state index in [0.717, 1.165) is 4.68 Å². The molecular weight excluding hydrogens is 481 g/mol. The predicted molar refractivity (Wildman–Crippen MR) is 113 cm³/mol. The lowest BCUT2D eigenvalue weighted by Crippen LogP contribution is -2.18. The fourth-order valence-electron chi connectivity index (χ4n) is 3.30. The van der Waals surface area contributed by atoms with Crippen molar-refractivity contribution in [1.29, 1.82) is 0 Å². The summed E-state index contributed by atoms with van der Waals surface area (Å²) < 4.78 is 46.8. The van der Waals surface area contributed by atoms with Crippen LogP contribution in [0.4, 0.5) is 24.5 Å². The van der Waals surface area contributed by atoms with E-state index in [0.29, 0.717) is 17.4 Å². The number of carbonyl (C=O) groups excluding carboxylic acids is 2. The Labute approximate surface area is 191 Å². The number of carbonyl (C=O) groups is 2. The van der Waals surface area contributed by atoms with E-state index in [9.17, 15) is 32.9 Å². The number of primary amides is 1. The smallest absolute Gasteiger partial charge is 0.433 e. The monoisotopic (exact) mass is 494 g/mol. The number of alkyl halides is 3. The Balaban J connectivity index is 1.97. The maximum Gasteiger partial charge on any atom is 0.433 e. The van der Waals surface area contributed by atoms with Crippen LogP contribution in [0.3, 0.4) is 0 Å². The molecule has 34 heavy (non-hydrogen) atoms. The highest BCUT2D eigenvalue weighted by Gasteiger charge is 2.36. The molecule has 0 saturated heterocycles. The maximum absolute atomic E-state index is 13.5. The molecule has 11 nitrogen and oxygen atoms in total. The summed E-state index contributed by atoms with van der Waals surface area (Å²) in [6, 6.07) is 3.53. The van der Waals surface area contributed by atoms with Crippen LogP contribution in [0, 0.1) is 17.0 Å². The first kappa shape index (κ1) is 22.9. The van der Waals surface area contributed by atoms with E-state index in [1.165, 1.54) is 32.4 Å². The molecule has 2 amide bonds. The molecule has 0 saturated carbocycles. The summed E-state index contributed by atoms with van der Waals surface area (Å²) in [6.07, 6.45) is -3.59. The fourth-order valence-corrected chi connectivity index (χ4v) is 4.31. The second-order valence-electron chi connectivity index (χ2n) is 7.00. The molecule has 3 N–H and O–H groups in total. The van der Waals surface area contributed by atoms with Gasteiger partial charge in [-0.05, 0) is 25.1 Å². The highest BCUT2D eigenvalue weighted by molar-refractivity contribution is 7.21. The highest BCUT2D eigenvalue weighted by atomic mass is 32.1. The number of halogens is 3. The molecule has 15 heteroatoms. The molecule has 176 valence electrons. The second-order valence-corrected chi connectivity index (χ2v) is 8.00. The average Bonchev–Trinajstić information content (AvgIpc) is 3.45. The molecule has 0 fully saturated rings. The van der Waals surface area contributed by atoms with Gasteiger partial charge in [0.15, 0.2) is 0 Å². The van der Waals surface area contributed by atoms with Crippen LogP contribution < -0.4 is 11.1 Å². The van der Waals surface area contributed by atoms with Crippen LogP contribution in [0.15, 0.2) is 28.9 Å². The van der Waals surface area contributed by atoms with E-state index in [2.05, 4.69) is 15.4 Å². The molecule has 0 aromatic carbocycles. The van der Waals surface area contributed by atoms with E-state index in [1.807, 2.05) is 0 Å². The summed E-state index contributed by atoms with van der Waals surface area (Å²) >= 11 is 0.528. The summed E-state index contributed by atoms with van der Waals surface area (Å²) in [6.45, 7) is 1.38. The normalized spacial score (nSPS) is 11.7. The third-order valence-corrected chi connectivity index (χ3v) is 6.00. The highest BCUT2D eigenvalue weighted by Crippen LogP contribution is 2.44. The van der Waals surface area contributed by atoms with E-state index < -0.39 is 40.0 Å². The largest absolute Gasteiger partial charge is 0.464 e. The third kappa shape index (κ3) is 3.75. The van der Waals surface area contributed by atoms with E-state index in [1.54, 1.807) is 0 Å². The van der Waals surface area contributed by atoms with Crippen molar-refractivity contribution in [3.8, 4) is 11.3 Å². The minimum atomic E-state index is -4.82. The Kier molecular flexibility index (Phi) is 5.35. The van der Waals surface area contributed by atoms with Crippen LogP contribution in [0.1, 0.15) is 31.5 Å². The number of nitro groups is 1. The quantitative estimate of drug-likeness (QED) is 0.315. The number of hydrogen-bond acceptors (Lipinski definition) is 8. The van der Waals surface area contributed by atoms with Gasteiger partial charge in [-0.2, -0.15) is 18.3 Å². The van der Waals surface area contributed by atoms with Gasteiger partial charge in [0.2, 0.25) is 5.69 Å². The van der Waals surface area contributed by atoms with Crippen LogP contribution in [0.2, 0.25) is 0 Å². The molecule has 0 radical (unpaired) electrons. The molecule has 0 spiro atoms. The molecule has 4 aromatic rings. The van der Waals surface area contributed by atoms with Gasteiger partial charge in [-0.3, -0.25) is 24.4 Å². The lowest BCUT2D eigenvalue weighted by molar-refractivity contribution is -0.385. The number of thiophene rings is 1. The summed E-state index contributed by atoms with van der Waals surface area (Å²) in [7, 11) is 1.39. The standard InChI is InChI=1S/C19H13F3N6O5S/c1-7-14(28(31)32)13(26-27(7)2)17(30)25-12-11-8(9-4-3-5-33-9)6-10(19(20,21)22)24-18(11)34-15(12)16(23)29/h3-6H,1-2H3,(H2,23,29)(H,25,30). The first-order valence-corrected chi connectivity index (χ1v) is 10.1. The Morgan fingerprint density at radius 1 is 1.35 bits per heavy atom. The number of amides is 2. The van der Waals surface area contributed by atoms with Gasteiger partial charge in [0.05, 0.1) is 16.9 Å². The number of anilines is 1. The van der Waals surface area contributed by atoms with Gasteiger partial charge in [0.25, 0.3) is 11.8 Å².